The molecule has 0 amide bonds. The Labute approximate surface area is 169 Å². The van der Waals surface area contributed by atoms with E-state index in [9.17, 15) is 0 Å². The topological polar surface area (TPSA) is 28.0 Å². The Morgan fingerprint density at radius 1 is 1.15 bits per heavy atom. The normalized spacial score (nSPS) is 12.0. The van der Waals surface area contributed by atoms with E-state index < -0.39 is 0 Å². The molecule has 0 fully saturated rings. The molecule has 0 atom stereocenters. The standard InChI is InChI=1S/C21H26BrN3S/c1-6-25(5)14-24-20-12-15(2)19(11-16(20)3)21(23-4)13-26-18-9-7-17(22)8-10-18/h7-12,14H,6,13H2,1-5H3. The van der Waals surface area contributed by atoms with Gasteiger partial charge in [0.25, 0.3) is 0 Å². The van der Waals surface area contributed by atoms with Crippen LogP contribution in [0.15, 0.2) is 55.8 Å². The van der Waals surface area contributed by atoms with Gasteiger partial charge in [-0.3, -0.25) is 4.99 Å². The number of hydrogen-bond acceptors (Lipinski definition) is 3. The van der Waals surface area contributed by atoms with Gasteiger partial charge in [0.15, 0.2) is 0 Å². The molecule has 2 aromatic carbocycles. The van der Waals surface area contributed by atoms with Crippen LogP contribution in [0.4, 0.5) is 5.69 Å². The zero-order valence-electron chi connectivity index (χ0n) is 16.1. The van der Waals surface area contributed by atoms with Gasteiger partial charge in [-0.15, -0.1) is 11.8 Å². The molecule has 0 saturated carbocycles. The first kappa shape index (κ1) is 20.7. The van der Waals surface area contributed by atoms with Gasteiger partial charge in [0.05, 0.1) is 17.7 Å². The molecule has 5 heteroatoms. The van der Waals surface area contributed by atoms with Crippen molar-refractivity contribution in [3.8, 4) is 0 Å². The summed E-state index contributed by atoms with van der Waals surface area (Å²) < 4.78 is 1.10. The minimum absolute atomic E-state index is 0.847. The van der Waals surface area contributed by atoms with Crippen molar-refractivity contribution in [2.45, 2.75) is 25.7 Å². The quantitative estimate of drug-likeness (QED) is 0.310. The average Bonchev–Trinajstić information content (AvgIpc) is 2.64. The van der Waals surface area contributed by atoms with Gasteiger partial charge in [-0.25, -0.2) is 4.99 Å². The highest BCUT2D eigenvalue weighted by Gasteiger charge is 2.10. The molecule has 138 valence electrons. The Bertz CT molecular complexity index is 798. The van der Waals surface area contributed by atoms with E-state index in [-0.39, 0.29) is 0 Å². The number of hydrogen-bond donors (Lipinski definition) is 0. The summed E-state index contributed by atoms with van der Waals surface area (Å²) in [6.45, 7) is 7.29. The van der Waals surface area contributed by atoms with Gasteiger partial charge in [0, 0.05) is 35.8 Å². The lowest BCUT2D eigenvalue weighted by molar-refractivity contribution is 0.552. The van der Waals surface area contributed by atoms with E-state index in [4.69, 9.17) is 0 Å². The maximum absolute atomic E-state index is 4.62. The number of aliphatic imine (C=N–C) groups is 2. The summed E-state index contributed by atoms with van der Waals surface area (Å²) in [5, 5.41) is 0. The number of benzene rings is 2. The number of aryl methyl sites for hydroxylation is 2. The van der Waals surface area contributed by atoms with Crippen LogP contribution < -0.4 is 0 Å². The van der Waals surface area contributed by atoms with E-state index in [1.165, 1.54) is 21.6 Å². The summed E-state index contributed by atoms with van der Waals surface area (Å²) in [6.07, 6.45) is 1.89. The van der Waals surface area contributed by atoms with Crippen molar-refractivity contribution in [2.24, 2.45) is 9.98 Å². The largest absolute Gasteiger partial charge is 0.366 e. The Morgan fingerprint density at radius 3 is 2.46 bits per heavy atom. The molecule has 0 aliphatic rings. The number of rotatable bonds is 7. The van der Waals surface area contributed by atoms with E-state index in [2.05, 4.69) is 88.0 Å². The van der Waals surface area contributed by atoms with Crippen LogP contribution in [0.1, 0.15) is 23.6 Å². The molecule has 0 aliphatic carbocycles. The highest BCUT2D eigenvalue weighted by Crippen LogP contribution is 2.26. The van der Waals surface area contributed by atoms with Crippen LogP contribution in [0.2, 0.25) is 0 Å². The molecule has 26 heavy (non-hydrogen) atoms. The van der Waals surface area contributed by atoms with Gasteiger partial charge < -0.3 is 4.90 Å². The summed E-state index contributed by atoms with van der Waals surface area (Å²) in [5.41, 5.74) is 5.71. The van der Waals surface area contributed by atoms with Crippen molar-refractivity contribution >= 4 is 45.4 Å². The van der Waals surface area contributed by atoms with Gasteiger partial charge >= 0.3 is 0 Å². The Hall–Kier alpha value is -1.59. The molecule has 0 aromatic heterocycles. The monoisotopic (exact) mass is 431 g/mol. The maximum Gasteiger partial charge on any atom is 0.0909 e. The zero-order valence-corrected chi connectivity index (χ0v) is 18.5. The summed E-state index contributed by atoms with van der Waals surface area (Å²) in [4.78, 5) is 12.5. The maximum atomic E-state index is 4.62. The molecule has 0 bridgehead atoms. The van der Waals surface area contributed by atoms with Crippen molar-refractivity contribution in [2.75, 3.05) is 26.4 Å². The fraction of sp³-hybridized carbons (Fsp3) is 0.333. The van der Waals surface area contributed by atoms with E-state index >= 15 is 0 Å². The first-order chi connectivity index (χ1) is 12.4. The SMILES string of the molecule is CCN(C)C=Nc1cc(C)c(C(CSc2ccc(Br)cc2)=NC)cc1C. The van der Waals surface area contributed by atoms with Crippen LogP contribution >= 0.6 is 27.7 Å². The van der Waals surface area contributed by atoms with Crippen molar-refractivity contribution < 1.29 is 0 Å². The summed E-state index contributed by atoms with van der Waals surface area (Å²) in [6, 6.07) is 12.8. The molecule has 0 aliphatic heterocycles. The van der Waals surface area contributed by atoms with Crippen molar-refractivity contribution in [3.63, 3.8) is 0 Å². The van der Waals surface area contributed by atoms with E-state index in [1.807, 2.05) is 20.4 Å². The van der Waals surface area contributed by atoms with Crippen LogP contribution in [0.25, 0.3) is 0 Å². The summed E-state index contributed by atoms with van der Waals surface area (Å²) in [7, 11) is 3.90. The van der Waals surface area contributed by atoms with E-state index in [0.29, 0.717) is 0 Å². The first-order valence-corrected chi connectivity index (χ1v) is 10.4. The van der Waals surface area contributed by atoms with Crippen LogP contribution in [0, 0.1) is 13.8 Å². The summed E-state index contributed by atoms with van der Waals surface area (Å²) in [5.74, 6) is 0.847. The molecule has 3 nitrogen and oxygen atoms in total. The predicted octanol–water partition coefficient (Wildman–Crippen LogP) is 5.89. The fourth-order valence-electron chi connectivity index (χ4n) is 2.44. The van der Waals surface area contributed by atoms with Crippen LogP contribution in [0.5, 0.6) is 0 Å². The van der Waals surface area contributed by atoms with Gasteiger partial charge in [-0.1, -0.05) is 15.9 Å². The van der Waals surface area contributed by atoms with E-state index in [1.54, 1.807) is 11.8 Å². The molecule has 2 aromatic rings. The third kappa shape index (κ3) is 5.71. The molecule has 0 N–H and O–H groups in total. The highest BCUT2D eigenvalue weighted by atomic mass is 79.9. The molecule has 0 radical (unpaired) electrons. The predicted molar refractivity (Wildman–Crippen MR) is 120 cm³/mol. The lowest BCUT2D eigenvalue weighted by atomic mass is 10.0. The van der Waals surface area contributed by atoms with Gasteiger partial charge in [-0.05, 0) is 73.9 Å². The Kier molecular flexibility index (Phi) is 7.91. The average molecular weight is 432 g/mol. The second kappa shape index (κ2) is 9.93. The molecule has 0 heterocycles. The molecule has 0 unspecified atom stereocenters. The number of halogens is 1. The Morgan fingerprint density at radius 2 is 1.85 bits per heavy atom. The van der Waals surface area contributed by atoms with Crippen molar-refractivity contribution in [1.29, 1.82) is 0 Å². The van der Waals surface area contributed by atoms with Crippen LogP contribution in [0.3, 0.4) is 0 Å². The molecular weight excluding hydrogens is 406 g/mol. The highest BCUT2D eigenvalue weighted by molar-refractivity contribution is 9.10. The van der Waals surface area contributed by atoms with Crippen LogP contribution in [-0.2, 0) is 0 Å². The minimum Gasteiger partial charge on any atom is -0.366 e. The van der Waals surface area contributed by atoms with Gasteiger partial charge in [0.1, 0.15) is 0 Å². The zero-order chi connectivity index (χ0) is 19.1. The third-order valence-electron chi connectivity index (χ3n) is 4.21. The smallest absolute Gasteiger partial charge is 0.0909 e. The molecule has 2 rings (SSSR count). The lowest BCUT2D eigenvalue weighted by Gasteiger charge is -2.13. The van der Waals surface area contributed by atoms with Crippen LogP contribution in [-0.4, -0.2) is 43.3 Å². The molecule has 0 spiro atoms. The third-order valence-corrected chi connectivity index (χ3v) is 5.76. The lowest BCUT2D eigenvalue weighted by Crippen LogP contribution is -2.14. The molecule has 0 saturated heterocycles. The number of nitrogens with zero attached hydrogens (tertiary/aromatic N) is 3. The fourth-order valence-corrected chi connectivity index (χ4v) is 3.62. The second-order valence-electron chi connectivity index (χ2n) is 6.18. The minimum atomic E-state index is 0.847. The first-order valence-electron chi connectivity index (χ1n) is 8.64. The van der Waals surface area contributed by atoms with Crippen molar-refractivity contribution in [3.05, 3.63) is 57.6 Å². The van der Waals surface area contributed by atoms with Gasteiger partial charge in [0.2, 0.25) is 0 Å². The number of thioether (sulfide) groups is 1. The molecular formula is C21H26BrN3S. The Balaban J connectivity index is 2.18. The van der Waals surface area contributed by atoms with E-state index in [0.717, 1.165) is 28.2 Å². The van der Waals surface area contributed by atoms with Gasteiger partial charge in [-0.2, -0.15) is 0 Å². The van der Waals surface area contributed by atoms with Crippen molar-refractivity contribution in [1.82, 2.24) is 4.90 Å². The summed E-state index contributed by atoms with van der Waals surface area (Å²) >= 11 is 5.28. The second-order valence-corrected chi connectivity index (χ2v) is 8.15.